The number of fused-ring (bicyclic) bond motifs is 1. The maximum absolute atomic E-state index is 13.0. The first-order chi connectivity index (χ1) is 15.6. The van der Waals surface area contributed by atoms with E-state index in [4.69, 9.17) is 9.72 Å². The standard InChI is InChI=1S/C22H20N6O3S/c1-13-16(11-24-27-13)21(30)28-7-8-31-19(12-28)18-10-15(14-4-2-3-5-17(14)25-18)20(29)26-22-23-6-9-32-22/h2-6,9-11,19H,7-8,12H2,1H3,(H,24,27)(H,23,26,29)/t19-/m0/s1. The van der Waals surface area contributed by atoms with Gasteiger partial charge in [-0.05, 0) is 19.1 Å². The van der Waals surface area contributed by atoms with Crippen LogP contribution in [0.5, 0.6) is 0 Å². The summed E-state index contributed by atoms with van der Waals surface area (Å²) in [4.78, 5) is 36.6. The number of aromatic nitrogens is 4. The summed E-state index contributed by atoms with van der Waals surface area (Å²) in [5.41, 5.74) is 3.05. The van der Waals surface area contributed by atoms with Gasteiger partial charge in [0, 0.05) is 29.2 Å². The topological polar surface area (TPSA) is 113 Å². The number of amides is 2. The number of thiazole rings is 1. The van der Waals surface area contributed by atoms with Crippen LogP contribution in [-0.4, -0.2) is 56.6 Å². The maximum atomic E-state index is 13.0. The van der Waals surface area contributed by atoms with E-state index < -0.39 is 6.10 Å². The molecule has 0 bridgehead atoms. The minimum Gasteiger partial charge on any atom is -0.368 e. The van der Waals surface area contributed by atoms with E-state index in [1.165, 1.54) is 17.5 Å². The van der Waals surface area contributed by atoms with Crippen LogP contribution in [0, 0.1) is 6.92 Å². The second kappa shape index (κ2) is 8.48. The van der Waals surface area contributed by atoms with Crippen LogP contribution in [0.4, 0.5) is 5.13 Å². The normalized spacial score (nSPS) is 16.3. The van der Waals surface area contributed by atoms with Crippen molar-refractivity contribution in [1.29, 1.82) is 0 Å². The van der Waals surface area contributed by atoms with Crippen molar-refractivity contribution in [2.45, 2.75) is 13.0 Å². The molecule has 32 heavy (non-hydrogen) atoms. The van der Waals surface area contributed by atoms with E-state index in [9.17, 15) is 9.59 Å². The number of ether oxygens (including phenoxy) is 1. The van der Waals surface area contributed by atoms with E-state index in [0.717, 1.165) is 11.1 Å². The first kappa shape index (κ1) is 20.3. The number of hydrogen-bond acceptors (Lipinski definition) is 7. The molecule has 3 aromatic heterocycles. The minimum atomic E-state index is -0.448. The number of morpholine rings is 1. The first-order valence-electron chi connectivity index (χ1n) is 10.1. The van der Waals surface area contributed by atoms with Gasteiger partial charge in [-0.15, -0.1) is 11.3 Å². The lowest BCUT2D eigenvalue weighted by Gasteiger charge is -2.32. The molecule has 1 aliphatic heterocycles. The second-order valence-electron chi connectivity index (χ2n) is 7.42. The van der Waals surface area contributed by atoms with Crippen molar-refractivity contribution in [3.63, 3.8) is 0 Å². The fraction of sp³-hybridized carbons (Fsp3) is 0.227. The number of para-hydroxylation sites is 1. The molecule has 9 nitrogen and oxygen atoms in total. The number of H-pyrrole nitrogens is 1. The predicted octanol–water partition coefficient (Wildman–Crippen LogP) is 3.19. The molecule has 2 N–H and O–H groups in total. The minimum absolute atomic E-state index is 0.105. The third kappa shape index (κ3) is 3.85. The molecule has 0 unspecified atom stereocenters. The molecule has 10 heteroatoms. The highest BCUT2D eigenvalue weighted by Gasteiger charge is 2.29. The molecular weight excluding hydrogens is 428 g/mol. The summed E-state index contributed by atoms with van der Waals surface area (Å²) in [5, 5.41) is 12.6. The van der Waals surface area contributed by atoms with Crippen molar-refractivity contribution in [3.8, 4) is 0 Å². The second-order valence-corrected chi connectivity index (χ2v) is 8.32. The smallest absolute Gasteiger partial charge is 0.258 e. The number of rotatable bonds is 4. The van der Waals surface area contributed by atoms with Crippen LogP contribution < -0.4 is 5.32 Å². The van der Waals surface area contributed by atoms with Gasteiger partial charge in [0.2, 0.25) is 0 Å². The Morgan fingerprint density at radius 3 is 2.94 bits per heavy atom. The van der Waals surface area contributed by atoms with Crippen LogP contribution in [0.2, 0.25) is 0 Å². The van der Waals surface area contributed by atoms with Gasteiger partial charge < -0.3 is 9.64 Å². The van der Waals surface area contributed by atoms with Crippen molar-refractivity contribution < 1.29 is 14.3 Å². The first-order valence-corrected chi connectivity index (χ1v) is 11.0. The summed E-state index contributed by atoms with van der Waals surface area (Å²) in [5.74, 6) is -0.371. The van der Waals surface area contributed by atoms with E-state index >= 15 is 0 Å². The van der Waals surface area contributed by atoms with Crippen LogP contribution >= 0.6 is 11.3 Å². The summed E-state index contributed by atoms with van der Waals surface area (Å²) in [7, 11) is 0. The fourth-order valence-corrected chi connectivity index (χ4v) is 4.27. The lowest BCUT2D eigenvalue weighted by molar-refractivity contribution is -0.0246. The van der Waals surface area contributed by atoms with Crippen LogP contribution in [-0.2, 0) is 4.74 Å². The Bertz CT molecular complexity index is 1290. The van der Waals surface area contributed by atoms with Gasteiger partial charge in [0.05, 0.1) is 41.7 Å². The number of hydrogen-bond donors (Lipinski definition) is 2. The van der Waals surface area contributed by atoms with E-state index in [1.807, 2.05) is 31.2 Å². The van der Waals surface area contributed by atoms with Gasteiger partial charge in [0.1, 0.15) is 6.10 Å². The van der Waals surface area contributed by atoms with Gasteiger partial charge in [-0.1, -0.05) is 18.2 Å². The van der Waals surface area contributed by atoms with E-state index in [0.29, 0.717) is 47.2 Å². The molecule has 2 amide bonds. The van der Waals surface area contributed by atoms with Crippen LogP contribution in [0.1, 0.15) is 38.2 Å². The van der Waals surface area contributed by atoms with Crippen molar-refractivity contribution in [1.82, 2.24) is 25.1 Å². The zero-order valence-corrected chi connectivity index (χ0v) is 18.1. The number of carbonyl (C=O) groups is 2. The van der Waals surface area contributed by atoms with E-state index in [2.05, 4.69) is 20.5 Å². The number of carbonyl (C=O) groups excluding carboxylic acids is 2. The van der Waals surface area contributed by atoms with Gasteiger partial charge >= 0.3 is 0 Å². The molecule has 1 fully saturated rings. The molecule has 0 saturated carbocycles. The molecule has 1 atom stereocenters. The Labute approximate surface area is 187 Å². The van der Waals surface area contributed by atoms with Gasteiger partial charge in [-0.3, -0.25) is 20.0 Å². The Hall–Kier alpha value is -3.63. The number of nitrogens with zero attached hydrogens (tertiary/aromatic N) is 4. The van der Waals surface area contributed by atoms with Gasteiger partial charge in [-0.25, -0.2) is 9.97 Å². The zero-order valence-electron chi connectivity index (χ0n) is 17.2. The highest BCUT2D eigenvalue weighted by atomic mass is 32.1. The molecular formula is C22H20N6O3S. The van der Waals surface area contributed by atoms with Crippen molar-refractivity contribution in [3.05, 3.63) is 70.6 Å². The number of benzene rings is 1. The summed E-state index contributed by atoms with van der Waals surface area (Å²) < 4.78 is 5.96. The summed E-state index contributed by atoms with van der Waals surface area (Å²) >= 11 is 1.35. The molecule has 162 valence electrons. The third-order valence-electron chi connectivity index (χ3n) is 5.38. The number of pyridine rings is 1. The average Bonchev–Trinajstić information content (AvgIpc) is 3.49. The Morgan fingerprint density at radius 1 is 1.28 bits per heavy atom. The molecule has 1 saturated heterocycles. The van der Waals surface area contributed by atoms with E-state index in [1.54, 1.807) is 22.5 Å². The quantitative estimate of drug-likeness (QED) is 0.496. The number of aromatic amines is 1. The molecule has 1 aliphatic rings. The van der Waals surface area contributed by atoms with Crippen LogP contribution in [0.3, 0.4) is 0 Å². The van der Waals surface area contributed by atoms with Crippen molar-refractivity contribution in [2.24, 2.45) is 0 Å². The van der Waals surface area contributed by atoms with Gasteiger partial charge in [0.25, 0.3) is 11.8 Å². The monoisotopic (exact) mass is 448 g/mol. The molecule has 5 rings (SSSR count). The van der Waals surface area contributed by atoms with Crippen LogP contribution in [0.15, 0.2) is 48.1 Å². The highest BCUT2D eigenvalue weighted by molar-refractivity contribution is 7.13. The Kier molecular flexibility index (Phi) is 5.38. The van der Waals surface area contributed by atoms with Crippen molar-refractivity contribution in [2.75, 3.05) is 25.0 Å². The predicted molar refractivity (Wildman–Crippen MR) is 120 cm³/mol. The number of aryl methyl sites for hydroxylation is 1. The van der Waals surface area contributed by atoms with Gasteiger partial charge in [-0.2, -0.15) is 5.10 Å². The summed E-state index contributed by atoms with van der Waals surface area (Å²) in [6.07, 6.45) is 2.73. The lowest BCUT2D eigenvalue weighted by Crippen LogP contribution is -2.42. The summed E-state index contributed by atoms with van der Waals surface area (Å²) in [6.45, 7) is 3.01. The average molecular weight is 449 g/mol. The molecule has 0 radical (unpaired) electrons. The Balaban J connectivity index is 1.46. The molecule has 4 aromatic rings. The fourth-order valence-electron chi connectivity index (χ4n) is 3.75. The highest BCUT2D eigenvalue weighted by Crippen LogP contribution is 2.27. The maximum Gasteiger partial charge on any atom is 0.258 e. The number of anilines is 1. The summed E-state index contributed by atoms with van der Waals surface area (Å²) in [6, 6.07) is 9.21. The largest absolute Gasteiger partial charge is 0.368 e. The molecule has 0 aliphatic carbocycles. The van der Waals surface area contributed by atoms with Crippen LogP contribution in [0.25, 0.3) is 10.9 Å². The van der Waals surface area contributed by atoms with Crippen molar-refractivity contribution >= 4 is 39.2 Å². The number of nitrogens with one attached hydrogen (secondary N) is 2. The molecule has 1 aromatic carbocycles. The third-order valence-corrected chi connectivity index (χ3v) is 6.07. The zero-order chi connectivity index (χ0) is 22.1. The van der Waals surface area contributed by atoms with Gasteiger partial charge in [0.15, 0.2) is 5.13 Å². The van der Waals surface area contributed by atoms with E-state index in [-0.39, 0.29) is 11.8 Å². The lowest BCUT2D eigenvalue weighted by atomic mass is 10.0. The SMILES string of the molecule is Cc1[nH]ncc1C(=O)N1CCO[C@H](c2cc(C(=O)Nc3nccs3)c3ccccc3n2)C1. The Morgan fingerprint density at radius 2 is 2.16 bits per heavy atom. The molecule has 4 heterocycles. The molecule has 0 spiro atoms.